The van der Waals surface area contributed by atoms with E-state index >= 15 is 0 Å². The van der Waals surface area contributed by atoms with Gasteiger partial charge in [-0.1, -0.05) is 13.3 Å². The molecule has 17 heavy (non-hydrogen) atoms. The van der Waals surface area contributed by atoms with Crippen LogP contribution in [0.25, 0.3) is 0 Å². The Morgan fingerprint density at radius 2 is 2.24 bits per heavy atom. The zero-order valence-electron chi connectivity index (χ0n) is 10.1. The summed E-state index contributed by atoms with van der Waals surface area (Å²) in [6.07, 6.45) is 3.68. The third-order valence-electron chi connectivity index (χ3n) is 2.92. The maximum absolute atomic E-state index is 8.95. The van der Waals surface area contributed by atoms with Crippen molar-refractivity contribution in [1.82, 2.24) is 4.98 Å². The second-order valence-corrected chi connectivity index (χ2v) is 4.15. The molecule has 0 N–H and O–H groups in total. The van der Waals surface area contributed by atoms with Crippen molar-refractivity contribution in [2.24, 2.45) is 0 Å². The molecule has 2 heterocycles. The SMILES string of the molecule is CCCc1ncc(C#N)cc1N1CCOCC1. The standard InChI is InChI=1S/C13H17N3O/c1-2-3-12-13(8-11(9-14)10-15-12)16-4-6-17-7-5-16/h8,10H,2-7H2,1H3. The molecule has 0 aromatic carbocycles. The van der Waals surface area contributed by atoms with Crippen molar-refractivity contribution in [2.45, 2.75) is 19.8 Å². The van der Waals surface area contributed by atoms with Gasteiger partial charge in [-0.25, -0.2) is 0 Å². The minimum atomic E-state index is 0.631. The van der Waals surface area contributed by atoms with Gasteiger partial charge in [0, 0.05) is 19.3 Å². The molecule has 0 radical (unpaired) electrons. The number of pyridine rings is 1. The van der Waals surface area contributed by atoms with Gasteiger partial charge in [0.1, 0.15) is 6.07 Å². The first kappa shape index (κ1) is 11.9. The summed E-state index contributed by atoms with van der Waals surface area (Å²) >= 11 is 0. The van der Waals surface area contributed by atoms with E-state index in [1.807, 2.05) is 6.07 Å². The van der Waals surface area contributed by atoms with Crippen molar-refractivity contribution < 1.29 is 4.74 Å². The number of aromatic nitrogens is 1. The smallest absolute Gasteiger partial charge is 0.101 e. The molecular formula is C13H17N3O. The number of nitriles is 1. The minimum absolute atomic E-state index is 0.631. The lowest BCUT2D eigenvalue weighted by molar-refractivity contribution is 0.122. The van der Waals surface area contributed by atoms with E-state index in [1.165, 1.54) is 0 Å². The molecule has 0 saturated carbocycles. The quantitative estimate of drug-likeness (QED) is 0.795. The van der Waals surface area contributed by atoms with Crippen molar-refractivity contribution >= 4 is 5.69 Å². The van der Waals surface area contributed by atoms with Crippen LogP contribution >= 0.6 is 0 Å². The molecule has 1 aliphatic heterocycles. The number of morpholine rings is 1. The summed E-state index contributed by atoms with van der Waals surface area (Å²) in [5.41, 5.74) is 2.83. The van der Waals surface area contributed by atoms with Crippen LogP contribution in [0.2, 0.25) is 0 Å². The molecule has 90 valence electrons. The second kappa shape index (κ2) is 5.65. The van der Waals surface area contributed by atoms with E-state index in [0.29, 0.717) is 5.56 Å². The molecule has 1 fully saturated rings. The molecule has 1 saturated heterocycles. The summed E-state index contributed by atoms with van der Waals surface area (Å²) in [4.78, 5) is 6.68. The van der Waals surface area contributed by atoms with E-state index in [0.717, 1.165) is 50.5 Å². The molecular weight excluding hydrogens is 214 g/mol. The number of ether oxygens (including phenoxy) is 1. The monoisotopic (exact) mass is 231 g/mol. The lowest BCUT2D eigenvalue weighted by atomic mass is 10.1. The van der Waals surface area contributed by atoms with Crippen LogP contribution in [0.15, 0.2) is 12.3 Å². The fraction of sp³-hybridized carbons (Fsp3) is 0.538. The van der Waals surface area contributed by atoms with Crippen molar-refractivity contribution in [3.63, 3.8) is 0 Å². The Kier molecular flexibility index (Phi) is 3.94. The molecule has 0 aliphatic carbocycles. The van der Waals surface area contributed by atoms with Gasteiger partial charge in [-0.15, -0.1) is 0 Å². The van der Waals surface area contributed by atoms with Crippen LogP contribution in [0.3, 0.4) is 0 Å². The van der Waals surface area contributed by atoms with E-state index in [1.54, 1.807) is 6.20 Å². The molecule has 0 bridgehead atoms. The number of aryl methyl sites for hydroxylation is 1. The Morgan fingerprint density at radius 1 is 1.47 bits per heavy atom. The lowest BCUT2D eigenvalue weighted by Crippen LogP contribution is -2.37. The fourth-order valence-electron chi connectivity index (χ4n) is 2.05. The van der Waals surface area contributed by atoms with Gasteiger partial charge in [-0.2, -0.15) is 5.26 Å². The summed E-state index contributed by atoms with van der Waals surface area (Å²) in [6, 6.07) is 4.10. The zero-order chi connectivity index (χ0) is 12.1. The predicted molar refractivity (Wildman–Crippen MR) is 66.0 cm³/mol. The highest BCUT2D eigenvalue weighted by atomic mass is 16.5. The molecule has 0 spiro atoms. The van der Waals surface area contributed by atoms with E-state index in [2.05, 4.69) is 22.9 Å². The molecule has 1 aromatic rings. The Balaban J connectivity index is 2.30. The third-order valence-corrected chi connectivity index (χ3v) is 2.92. The Bertz CT molecular complexity index is 419. The first-order valence-electron chi connectivity index (χ1n) is 6.07. The summed E-state index contributed by atoms with van der Waals surface area (Å²) in [5.74, 6) is 0. The number of hydrogen-bond donors (Lipinski definition) is 0. The van der Waals surface area contributed by atoms with Gasteiger partial charge < -0.3 is 9.64 Å². The van der Waals surface area contributed by atoms with Gasteiger partial charge in [0.2, 0.25) is 0 Å². The van der Waals surface area contributed by atoms with Crippen LogP contribution in [-0.2, 0) is 11.2 Å². The summed E-state index contributed by atoms with van der Waals surface area (Å²) in [6.45, 7) is 5.41. The summed E-state index contributed by atoms with van der Waals surface area (Å²) in [7, 11) is 0. The number of nitrogens with zero attached hydrogens (tertiary/aromatic N) is 3. The van der Waals surface area contributed by atoms with E-state index in [9.17, 15) is 0 Å². The molecule has 1 aliphatic rings. The zero-order valence-corrected chi connectivity index (χ0v) is 10.1. The van der Waals surface area contributed by atoms with E-state index in [4.69, 9.17) is 10.00 Å². The average Bonchev–Trinajstić information content (AvgIpc) is 2.40. The maximum Gasteiger partial charge on any atom is 0.101 e. The molecule has 1 aromatic heterocycles. The normalized spacial score (nSPS) is 15.6. The lowest BCUT2D eigenvalue weighted by Gasteiger charge is -2.30. The second-order valence-electron chi connectivity index (χ2n) is 4.15. The van der Waals surface area contributed by atoms with Crippen molar-refractivity contribution in [2.75, 3.05) is 31.2 Å². The predicted octanol–water partition coefficient (Wildman–Crippen LogP) is 1.74. The third kappa shape index (κ3) is 2.75. The summed E-state index contributed by atoms with van der Waals surface area (Å²) in [5, 5.41) is 8.95. The number of hydrogen-bond acceptors (Lipinski definition) is 4. The van der Waals surface area contributed by atoms with Gasteiger partial charge in [-0.3, -0.25) is 4.98 Å². The maximum atomic E-state index is 8.95. The molecule has 0 amide bonds. The largest absolute Gasteiger partial charge is 0.378 e. The fourth-order valence-corrected chi connectivity index (χ4v) is 2.05. The van der Waals surface area contributed by atoms with Crippen LogP contribution in [0.4, 0.5) is 5.69 Å². The van der Waals surface area contributed by atoms with Crippen LogP contribution in [0, 0.1) is 11.3 Å². The minimum Gasteiger partial charge on any atom is -0.378 e. The molecule has 0 atom stereocenters. The van der Waals surface area contributed by atoms with Crippen LogP contribution in [-0.4, -0.2) is 31.3 Å². The highest BCUT2D eigenvalue weighted by Gasteiger charge is 2.15. The molecule has 4 heteroatoms. The van der Waals surface area contributed by atoms with E-state index < -0.39 is 0 Å². The number of anilines is 1. The summed E-state index contributed by atoms with van der Waals surface area (Å²) < 4.78 is 5.35. The van der Waals surface area contributed by atoms with Crippen molar-refractivity contribution in [3.05, 3.63) is 23.5 Å². The molecule has 2 rings (SSSR count). The Morgan fingerprint density at radius 3 is 2.88 bits per heavy atom. The highest BCUT2D eigenvalue weighted by molar-refractivity contribution is 5.54. The highest BCUT2D eigenvalue weighted by Crippen LogP contribution is 2.22. The van der Waals surface area contributed by atoms with Gasteiger partial charge in [-0.05, 0) is 12.5 Å². The van der Waals surface area contributed by atoms with Crippen molar-refractivity contribution in [3.8, 4) is 6.07 Å². The topological polar surface area (TPSA) is 49.2 Å². The van der Waals surface area contributed by atoms with Gasteiger partial charge in [0.25, 0.3) is 0 Å². The van der Waals surface area contributed by atoms with Gasteiger partial charge in [0.05, 0.1) is 30.2 Å². The first-order chi connectivity index (χ1) is 8.35. The number of rotatable bonds is 3. The first-order valence-corrected chi connectivity index (χ1v) is 6.07. The Hall–Kier alpha value is -1.60. The van der Waals surface area contributed by atoms with Gasteiger partial charge in [0.15, 0.2) is 0 Å². The van der Waals surface area contributed by atoms with E-state index in [-0.39, 0.29) is 0 Å². The van der Waals surface area contributed by atoms with Crippen LogP contribution in [0.5, 0.6) is 0 Å². The van der Waals surface area contributed by atoms with Crippen LogP contribution < -0.4 is 4.90 Å². The molecule has 4 nitrogen and oxygen atoms in total. The average molecular weight is 231 g/mol. The van der Waals surface area contributed by atoms with Crippen molar-refractivity contribution in [1.29, 1.82) is 5.26 Å². The molecule has 0 unspecified atom stereocenters. The van der Waals surface area contributed by atoms with Crippen LogP contribution in [0.1, 0.15) is 24.6 Å². The van der Waals surface area contributed by atoms with Gasteiger partial charge >= 0.3 is 0 Å². The Labute approximate surface area is 102 Å².